The molecular weight excluding hydrogens is 288 g/mol. The van der Waals surface area contributed by atoms with Gasteiger partial charge in [0.25, 0.3) is 0 Å². The van der Waals surface area contributed by atoms with Gasteiger partial charge in [-0.25, -0.2) is 0 Å². The fourth-order valence-corrected chi connectivity index (χ4v) is 5.32. The molecule has 2 heterocycles. The summed E-state index contributed by atoms with van der Waals surface area (Å²) in [6, 6.07) is 9.72. The molecule has 1 aromatic carbocycles. The number of carboxylic acid groups (broad SMARTS) is 1. The van der Waals surface area contributed by atoms with E-state index in [1.807, 2.05) is 35.2 Å². The zero-order valence-electron chi connectivity index (χ0n) is 11.4. The van der Waals surface area contributed by atoms with Crippen molar-refractivity contribution in [2.24, 2.45) is 0 Å². The van der Waals surface area contributed by atoms with Gasteiger partial charge in [0.05, 0.1) is 17.8 Å². The highest BCUT2D eigenvalue weighted by atomic mass is 32.2. The Balaban J connectivity index is 1.35. The third kappa shape index (κ3) is 1.89. The first-order chi connectivity index (χ1) is 10.1. The molecule has 2 N–H and O–H groups in total. The number of fused-ring (bicyclic) bond motifs is 3. The molecule has 2 aliphatic heterocycles. The molecule has 0 radical (unpaired) electrons. The molecular formula is C15H16N2O3S. The molecule has 6 heteroatoms. The van der Waals surface area contributed by atoms with Crippen molar-refractivity contribution in [2.45, 2.75) is 35.0 Å². The van der Waals surface area contributed by atoms with Crippen molar-refractivity contribution in [3.8, 4) is 0 Å². The van der Waals surface area contributed by atoms with Gasteiger partial charge in [0.15, 0.2) is 0 Å². The van der Waals surface area contributed by atoms with Crippen LogP contribution in [-0.4, -0.2) is 50.6 Å². The van der Waals surface area contributed by atoms with Gasteiger partial charge >= 0.3 is 5.97 Å². The number of rotatable bonds is 4. The number of carboxylic acids is 1. The van der Waals surface area contributed by atoms with E-state index in [9.17, 15) is 14.7 Å². The van der Waals surface area contributed by atoms with Crippen LogP contribution in [0.5, 0.6) is 0 Å². The molecule has 0 bridgehead atoms. The SMILES string of the molecule is O=C(Cc1ccccc1)NC1CN2C1SC1CC12C(=O)O. The third-order valence-corrected chi connectivity index (χ3v) is 6.40. The second-order valence-corrected chi connectivity index (χ2v) is 7.26. The molecule has 4 rings (SSSR count). The predicted molar refractivity (Wildman–Crippen MR) is 78.9 cm³/mol. The van der Waals surface area contributed by atoms with E-state index in [0.29, 0.717) is 13.0 Å². The quantitative estimate of drug-likeness (QED) is 0.857. The van der Waals surface area contributed by atoms with Crippen LogP contribution in [0.15, 0.2) is 30.3 Å². The van der Waals surface area contributed by atoms with Gasteiger partial charge in [0.2, 0.25) is 5.91 Å². The number of hydrogen-bond donors (Lipinski definition) is 2. The lowest BCUT2D eigenvalue weighted by Gasteiger charge is -2.47. The molecule has 3 fully saturated rings. The molecule has 3 aliphatic rings. The monoisotopic (exact) mass is 304 g/mol. The first kappa shape index (κ1) is 13.2. The summed E-state index contributed by atoms with van der Waals surface area (Å²) in [6.07, 6.45) is 1.12. The summed E-state index contributed by atoms with van der Waals surface area (Å²) in [5, 5.41) is 12.7. The van der Waals surface area contributed by atoms with Crippen LogP contribution in [0.2, 0.25) is 0 Å². The van der Waals surface area contributed by atoms with Crippen LogP contribution in [0.3, 0.4) is 0 Å². The molecule has 1 saturated carbocycles. The second kappa shape index (κ2) is 4.48. The standard InChI is InChI=1S/C15H16N2O3S/c18-12(6-9-4-2-1-3-5-9)16-10-8-17-13(10)21-11-7-15(11,17)14(19)20/h1-5,10-11,13H,6-8H2,(H,16,18)(H,19,20). The number of benzene rings is 1. The Morgan fingerprint density at radius 1 is 1.38 bits per heavy atom. The van der Waals surface area contributed by atoms with E-state index >= 15 is 0 Å². The molecule has 0 aromatic heterocycles. The summed E-state index contributed by atoms with van der Waals surface area (Å²) in [5.74, 6) is -0.701. The van der Waals surface area contributed by atoms with E-state index in [2.05, 4.69) is 5.32 Å². The Bertz CT molecular complexity index is 608. The van der Waals surface area contributed by atoms with Crippen LogP contribution in [0.1, 0.15) is 12.0 Å². The lowest BCUT2D eigenvalue weighted by Crippen LogP contribution is -2.68. The lowest BCUT2D eigenvalue weighted by atomic mass is 10.0. The van der Waals surface area contributed by atoms with Crippen molar-refractivity contribution in [1.29, 1.82) is 0 Å². The Kier molecular flexibility index (Phi) is 2.81. The predicted octanol–water partition coefficient (Wildman–Crippen LogP) is 0.698. The highest BCUT2D eigenvalue weighted by Crippen LogP contribution is 2.63. The summed E-state index contributed by atoms with van der Waals surface area (Å²) < 4.78 is 0. The molecule has 21 heavy (non-hydrogen) atoms. The average molecular weight is 304 g/mol. The maximum atomic E-state index is 12.1. The minimum atomic E-state index is -0.712. The molecule has 0 spiro atoms. The Labute approximate surface area is 126 Å². The summed E-state index contributed by atoms with van der Waals surface area (Å²) >= 11 is 1.70. The lowest BCUT2D eigenvalue weighted by molar-refractivity contribution is -0.148. The number of nitrogens with one attached hydrogen (secondary N) is 1. The number of aliphatic carboxylic acids is 1. The largest absolute Gasteiger partial charge is 0.480 e. The van der Waals surface area contributed by atoms with Crippen molar-refractivity contribution in [2.75, 3.05) is 6.54 Å². The van der Waals surface area contributed by atoms with E-state index in [-0.39, 0.29) is 22.6 Å². The minimum Gasteiger partial charge on any atom is -0.480 e. The van der Waals surface area contributed by atoms with E-state index in [1.165, 1.54) is 0 Å². The number of nitrogens with zero attached hydrogens (tertiary/aromatic N) is 1. The molecule has 4 atom stereocenters. The summed E-state index contributed by atoms with van der Waals surface area (Å²) in [7, 11) is 0. The van der Waals surface area contributed by atoms with Gasteiger partial charge < -0.3 is 10.4 Å². The molecule has 110 valence electrons. The van der Waals surface area contributed by atoms with Crippen LogP contribution in [0.25, 0.3) is 0 Å². The first-order valence-corrected chi connectivity index (χ1v) is 8.04. The molecule has 1 aromatic rings. The number of hydrogen-bond acceptors (Lipinski definition) is 4. The van der Waals surface area contributed by atoms with E-state index < -0.39 is 11.5 Å². The van der Waals surface area contributed by atoms with Gasteiger partial charge in [0, 0.05) is 11.8 Å². The molecule has 1 aliphatic carbocycles. The number of carbonyl (C=O) groups is 2. The van der Waals surface area contributed by atoms with Gasteiger partial charge in [-0.05, 0) is 12.0 Å². The topological polar surface area (TPSA) is 69.6 Å². The molecule has 2 saturated heterocycles. The molecule has 5 nitrogen and oxygen atoms in total. The fourth-order valence-electron chi connectivity index (χ4n) is 3.40. The van der Waals surface area contributed by atoms with Gasteiger partial charge in [-0.2, -0.15) is 0 Å². The normalized spacial score (nSPS) is 36.3. The first-order valence-electron chi connectivity index (χ1n) is 7.10. The smallest absolute Gasteiger partial charge is 0.325 e. The van der Waals surface area contributed by atoms with Crippen molar-refractivity contribution >= 4 is 23.6 Å². The van der Waals surface area contributed by atoms with Crippen molar-refractivity contribution in [3.05, 3.63) is 35.9 Å². The number of thioether (sulfide) groups is 1. The van der Waals surface area contributed by atoms with Gasteiger partial charge in [-0.3, -0.25) is 14.5 Å². The minimum absolute atomic E-state index is 0.0106. The average Bonchev–Trinajstić information content (AvgIpc) is 3.11. The van der Waals surface area contributed by atoms with Crippen molar-refractivity contribution < 1.29 is 14.7 Å². The second-order valence-electron chi connectivity index (χ2n) is 5.94. The van der Waals surface area contributed by atoms with Crippen LogP contribution >= 0.6 is 11.8 Å². The van der Waals surface area contributed by atoms with Crippen LogP contribution < -0.4 is 5.32 Å². The fraction of sp³-hybridized carbons (Fsp3) is 0.467. The highest BCUT2D eigenvalue weighted by molar-refractivity contribution is 8.01. The van der Waals surface area contributed by atoms with Crippen molar-refractivity contribution in [3.63, 3.8) is 0 Å². The van der Waals surface area contributed by atoms with Crippen LogP contribution in [-0.2, 0) is 16.0 Å². The van der Waals surface area contributed by atoms with Crippen LogP contribution in [0, 0.1) is 0 Å². The van der Waals surface area contributed by atoms with Crippen molar-refractivity contribution in [1.82, 2.24) is 10.2 Å². The highest BCUT2D eigenvalue weighted by Gasteiger charge is 2.75. The number of carbonyl (C=O) groups excluding carboxylic acids is 1. The van der Waals surface area contributed by atoms with Crippen LogP contribution in [0.4, 0.5) is 0 Å². The van der Waals surface area contributed by atoms with E-state index in [4.69, 9.17) is 0 Å². The van der Waals surface area contributed by atoms with Gasteiger partial charge in [-0.1, -0.05) is 30.3 Å². The van der Waals surface area contributed by atoms with Gasteiger partial charge in [0.1, 0.15) is 5.54 Å². The van der Waals surface area contributed by atoms with Gasteiger partial charge in [-0.15, -0.1) is 11.8 Å². The van der Waals surface area contributed by atoms with E-state index in [1.54, 1.807) is 11.8 Å². The van der Waals surface area contributed by atoms with E-state index in [0.717, 1.165) is 12.0 Å². The maximum absolute atomic E-state index is 12.1. The third-order valence-electron chi connectivity index (χ3n) is 4.65. The maximum Gasteiger partial charge on any atom is 0.325 e. The summed E-state index contributed by atoms with van der Waals surface area (Å²) in [6.45, 7) is 0.654. The number of amides is 1. The Morgan fingerprint density at radius 3 is 2.86 bits per heavy atom. The molecule has 4 unspecified atom stereocenters. The summed E-state index contributed by atoms with van der Waals surface area (Å²) in [5.41, 5.74) is 0.366. The zero-order valence-corrected chi connectivity index (χ0v) is 12.2. The summed E-state index contributed by atoms with van der Waals surface area (Å²) in [4.78, 5) is 25.5. The molecule has 1 amide bonds. The Morgan fingerprint density at radius 2 is 2.14 bits per heavy atom. The Hall–Kier alpha value is -1.53. The zero-order chi connectivity index (χ0) is 14.6.